The molecular formula is C16H20F3NO3. The summed E-state index contributed by atoms with van der Waals surface area (Å²) in [6.45, 7) is 3.31. The van der Waals surface area contributed by atoms with Crippen molar-refractivity contribution in [2.24, 2.45) is 0 Å². The molecule has 7 heteroatoms. The number of hydrogen-bond donors (Lipinski definition) is 1. The number of carbonyl (C=O) groups excluding carboxylic acids is 1. The molecular weight excluding hydrogens is 311 g/mol. The minimum absolute atomic E-state index is 0.0962. The highest BCUT2D eigenvalue weighted by atomic mass is 19.4. The van der Waals surface area contributed by atoms with E-state index >= 15 is 0 Å². The summed E-state index contributed by atoms with van der Waals surface area (Å²) in [7, 11) is 0. The van der Waals surface area contributed by atoms with Crippen LogP contribution in [0.25, 0.3) is 0 Å². The summed E-state index contributed by atoms with van der Waals surface area (Å²) < 4.78 is 48.6. The zero-order valence-corrected chi connectivity index (χ0v) is 12.9. The Morgan fingerprint density at radius 2 is 2.17 bits per heavy atom. The number of halogens is 3. The Morgan fingerprint density at radius 3 is 2.83 bits per heavy atom. The van der Waals surface area contributed by atoms with Crippen molar-refractivity contribution in [3.8, 4) is 0 Å². The number of carbonyl (C=O) groups is 1. The first-order valence-corrected chi connectivity index (χ1v) is 7.52. The van der Waals surface area contributed by atoms with Crippen LogP contribution in [-0.2, 0) is 20.4 Å². The van der Waals surface area contributed by atoms with E-state index in [-0.39, 0.29) is 18.4 Å². The van der Waals surface area contributed by atoms with E-state index in [9.17, 15) is 18.0 Å². The molecule has 1 aromatic rings. The van der Waals surface area contributed by atoms with Crippen LogP contribution in [0.2, 0.25) is 0 Å². The lowest BCUT2D eigenvalue weighted by Gasteiger charge is -2.22. The van der Waals surface area contributed by atoms with E-state index < -0.39 is 17.8 Å². The normalized spacial score (nSPS) is 20.1. The fourth-order valence-corrected chi connectivity index (χ4v) is 2.35. The average molecular weight is 331 g/mol. The fraction of sp³-hybridized carbons (Fsp3) is 0.562. The van der Waals surface area contributed by atoms with Crippen LogP contribution < -0.4 is 5.32 Å². The Kier molecular flexibility index (Phi) is 6.01. The molecule has 2 atom stereocenters. The van der Waals surface area contributed by atoms with E-state index in [1.807, 2.05) is 6.92 Å². The van der Waals surface area contributed by atoms with E-state index in [0.717, 1.165) is 12.1 Å². The number of nitrogens with one attached hydrogen (secondary N) is 1. The van der Waals surface area contributed by atoms with Crippen molar-refractivity contribution in [1.82, 2.24) is 5.32 Å². The predicted molar refractivity (Wildman–Crippen MR) is 78.0 cm³/mol. The van der Waals surface area contributed by atoms with E-state index in [1.165, 1.54) is 6.07 Å². The van der Waals surface area contributed by atoms with Gasteiger partial charge >= 0.3 is 6.18 Å². The average Bonchev–Trinajstić information content (AvgIpc) is 2.54. The molecule has 0 unspecified atom stereocenters. The van der Waals surface area contributed by atoms with Crippen LogP contribution in [0.3, 0.4) is 0 Å². The van der Waals surface area contributed by atoms with E-state index in [1.54, 1.807) is 6.07 Å². The highest BCUT2D eigenvalue weighted by Crippen LogP contribution is 2.31. The third-order valence-electron chi connectivity index (χ3n) is 3.77. The number of hydrogen-bond acceptors (Lipinski definition) is 3. The first-order chi connectivity index (χ1) is 10.9. The van der Waals surface area contributed by atoms with Crippen molar-refractivity contribution in [2.75, 3.05) is 26.4 Å². The number of alkyl halides is 3. The molecule has 1 aliphatic heterocycles. The van der Waals surface area contributed by atoms with Gasteiger partial charge in [-0.1, -0.05) is 25.1 Å². The molecule has 0 bridgehead atoms. The Bertz CT molecular complexity index is 528. The summed E-state index contributed by atoms with van der Waals surface area (Å²) in [5, 5.41) is 2.73. The summed E-state index contributed by atoms with van der Waals surface area (Å²) in [6.07, 6.45) is -4.41. The third-order valence-corrected chi connectivity index (χ3v) is 3.77. The molecule has 1 saturated heterocycles. The summed E-state index contributed by atoms with van der Waals surface area (Å²) in [4.78, 5) is 11.8. The van der Waals surface area contributed by atoms with Gasteiger partial charge in [-0.25, -0.2) is 0 Å². The van der Waals surface area contributed by atoms with Crippen molar-refractivity contribution >= 4 is 5.91 Å². The van der Waals surface area contributed by atoms with Crippen LogP contribution >= 0.6 is 0 Å². The summed E-state index contributed by atoms with van der Waals surface area (Å²) in [5.74, 6) is -0.345. The molecule has 2 rings (SSSR count). The van der Waals surface area contributed by atoms with Crippen LogP contribution in [0.1, 0.15) is 30.4 Å². The number of amides is 1. The van der Waals surface area contributed by atoms with Crippen LogP contribution in [0, 0.1) is 0 Å². The molecule has 1 N–H and O–H groups in total. The first-order valence-electron chi connectivity index (χ1n) is 7.52. The molecule has 0 aliphatic carbocycles. The van der Waals surface area contributed by atoms with Crippen molar-refractivity contribution in [3.05, 3.63) is 35.4 Å². The Balaban J connectivity index is 1.82. The number of rotatable bonds is 5. The molecule has 0 saturated carbocycles. The maximum Gasteiger partial charge on any atom is 0.416 e. The van der Waals surface area contributed by atoms with Gasteiger partial charge in [-0.3, -0.25) is 4.79 Å². The summed E-state index contributed by atoms with van der Waals surface area (Å²) in [5.41, 5.74) is -0.0510. The lowest BCUT2D eigenvalue weighted by Crippen LogP contribution is -2.43. The highest BCUT2D eigenvalue weighted by Gasteiger charge is 2.30. The molecule has 128 valence electrons. The second-order valence-electron chi connectivity index (χ2n) is 5.54. The second-order valence-corrected chi connectivity index (χ2v) is 5.54. The van der Waals surface area contributed by atoms with Gasteiger partial charge in [0.05, 0.1) is 25.4 Å². The van der Waals surface area contributed by atoms with Crippen LogP contribution in [0.4, 0.5) is 13.2 Å². The smallest absolute Gasteiger partial charge is 0.376 e. The van der Waals surface area contributed by atoms with E-state index in [4.69, 9.17) is 9.47 Å². The Labute approximate surface area is 133 Å². The van der Waals surface area contributed by atoms with Gasteiger partial charge in [-0.2, -0.15) is 13.2 Å². The molecule has 1 aromatic carbocycles. The second kappa shape index (κ2) is 7.79. The minimum atomic E-state index is -4.34. The molecule has 1 fully saturated rings. The number of ether oxygens (including phenoxy) is 2. The van der Waals surface area contributed by atoms with Gasteiger partial charge in [0.25, 0.3) is 5.91 Å². The SMILES string of the molecule is C[C@H](CCNC(=O)[C@H]1COCCO1)c1cccc(C(F)(F)F)c1. The highest BCUT2D eigenvalue weighted by molar-refractivity contribution is 5.80. The predicted octanol–water partition coefficient (Wildman–Crippen LogP) is 2.73. The molecule has 4 nitrogen and oxygen atoms in total. The molecule has 1 heterocycles. The van der Waals surface area contributed by atoms with E-state index in [0.29, 0.717) is 31.7 Å². The summed E-state index contributed by atoms with van der Waals surface area (Å²) in [6, 6.07) is 5.28. The standard InChI is InChI=1S/C16H20F3NO3/c1-11(12-3-2-4-13(9-12)16(17,18)19)5-6-20-15(21)14-10-22-7-8-23-14/h2-4,9,11,14H,5-8,10H2,1H3,(H,20,21)/t11-,14-/m1/s1. The lowest BCUT2D eigenvalue weighted by molar-refractivity contribution is -0.147. The third kappa shape index (κ3) is 5.21. The van der Waals surface area contributed by atoms with Crippen molar-refractivity contribution in [2.45, 2.75) is 31.5 Å². The van der Waals surface area contributed by atoms with Crippen LogP contribution in [0.5, 0.6) is 0 Å². The lowest BCUT2D eigenvalue weighted by atomic mass is 9.96. The monoisotopic (exact) mass is 331 g/mol. The fourth-order valence-electron chi connectivity index (χ4n) is 2.35. The Morgan fingerprint density at radius 1 is 1.39 bits per heavy atom. The molecule has 0 aromatic heterocycles. The largest absolute Gasteiger partial charge is 0.416 e. The van der Waals surface area contributed by atoms with Gasteiger partial charge in [0.15, 0.2) is 6.10 Å². The molecule has 23 heavy (non-hydrogen) atoms. The maximum atomic E-state index is 12.7. The quantitative estimate of drug-likeness (QED) is 0.902. The van der Waals surface area contributed by atoms with Gasteiger partial charge in [0.1, 0.15) is 0 Å². The topological polar surface area (TPSA) is 47.6 Å². The first kappa shape index (κ1) is 17.7. The summed E-state index contributed by atoms with van der Waals surface area (Å²) >= 11 is 0. The zero-order valence-electron chi connectivity index (χ0n) is 12.9. The maximum absolute atomic E-state index is 12.7. The zero-order chi connectivity index (χ0) is 16.9. The van der Waals surface area contributed by atoms with Crippen LogP contribution in [0.15, 0.2) is 24.3 Å². The molecule has 0 radical (unpaired) electrons. The van der Waals surface area contributed by atoms with Crippen molar-refractivity contribution in [3.63, 3.8) is 0 Å². The van der Waals surface area contributed by atoms with Gasteiger partial charge in [0, 0.05) is 6.54 Å². The van der Waals surface area contributed by atoms with Crippen molar-refractivity contribution in [1.29, 1.82) is 0 Å². The van der Waals surface area contributed by atoms with Crippen LogP contribution in [-0.4, -0.2) is 38.4 Å². The molecule has 1 aliphatic rings. The van der Waals surface area contributed by atoms with Gasteiger partial charge < -0.3 is 14.8 Å². The minimum Gasteiger partial charge on any atom is -0.376 e. The van der Waals surface area contributed by atoms with Gasteiger partial charge in [-0.05, 0) is 24.0 Å². The van der Waals surface area contributed by atoms with Gasteiger partial charge in [0.2, 0.25) is 0 Å². The Hall–Kier alpha value is -1.60. The number of benzene rings is 1. The van der Waals surface area contributed by atoms with E-state index in [2.05, 4.69) is 5.32 Å². The molecule has 0 spiro atoms. The van der Waals surface area contributed by atoms with Crippen molar-refractivity contribution < 1.29 is 27.4 Å². The molecule has 1 amide bonds. The van der Waals surface area contributed by atoms with Gasteiger partial charge in [-0.15, -0.1) is 0 Å².